The van der Waals surface area contributed by atoms with E-state index in [1.165, 1.54) is 0 Å². The second-order valence-electron chi connectivity index (χ2n) is 4.87. The lowest BCUT2D eigenvalue weighted by atomic mass is 9.89. The molecule has 0 heterocycles. The summed E-state index contributed by atoms with van der Waals surface area (Å²) in [6.45, 7) is 1.15. The molecule has 1 aromatic carbocycles. The maximum atomic E-state index is 14.1. The second kappa shape index (κ2) is 6.17. The first-order chi connectivity index (χ1) is 9.15. The van der Waals surface area contributed by atoms with E-state index in [9.17, 15) is 4.39 Å². The van der Waals surface area contributed by atoms with Crippen molar-refractivity contribution in [3.05, 3.63) is 35.2 Å². The van der Waals surface area contributed by atoms with Crippen LogP contribution >= 0.6 is 0 Å². The van der Waals surface area contributed by atoms with Crippen LogP contribution in [0, 0.1) is 0 Å². The number of fused-ring (bicyclic) bond motifs is 1. The SMILES string of the molecule is COc1ccc2c(c1)CCC(F)=C2CN(C)CCO. The van der Waals surface area contributed by atoms with E-state index < -0.39 is 0 Å². The molecule has 0 saturated carbocycles. The lowest BCUT2D eigenvalue weighted by Crippen LogP contribution is -2.25. The van der Waals surface area contributed by atoms with E-state index in [-0.39, 0.29) is 12.4 Å². The fraction of sp³-hybridized carbons (Fsp3) is 0.467. The van der Waals surface area contributed by atoms with Crippen molar-refractivity contribution in [1.82, 2.24) is 4.90 Å². The van der Waals surface area contributed by atoms with Gasteiger partial charge in [-0.2, -0.15) is 0 Å². The molecule has 1 aliphatic rings. The number of likely N-dealkylation sites (N-methyl/N-ethyl adjacent to an activating group) is 1. The van der Waals surface area contributed by atoms with Gasteiger partial charge in [0.15, 0.2) is 0 Å². The lowest BCUT2D eigenvalue weighted by Gasteiger charge is -2.24. The van der Waals surface area contributed by atoms with Crippen molar-refractivity contribution in [3.8, 4) is 5.75 Å². The topological polar surface area (TPSA) is 32.7 Å². The Morgan fingerprint density at radius 2 is 2.16 bits per heavy atom. The van der Waals surface area contributed by atoms with Gasteiger partial charge in [-0.25, -0.2) is 4.39 Å². The van der Waals surface area contributed by atoms with Crippen LogP contribution in [0.4, 0.5) is 4.39 Å². The number of aliphatic hydroxyl groups is 1. The minimum atomic E-state index is -0.0394. The Balaban J connectivity index is 2.28. The number of halogens is 1. The predicted molar refractivity (Wildman–Crippen MR) is 73.9 cm³/mol. The van der Waals surface area contributed by atoms with Gasteiger partial charge >= 0.3 is 0 Å². The molecular weight excluding hydrogens is 245 g/mol. The lowest BCUT2D eigenvalue weighted by molar-refractivity contribution is 0.233. The molecule has 3 nitrogen and oxygen atoms in total. The highest BCUT2D eigenvalue weighted by Gasteiger charge is 2.20. The smallest absolute Gasteiger partial charge is 0.119 e. The highest BCUT2D eigenvalue weighted by atomic mass is 19.1. The van der Waals surface area contributed by atoms with Gasteiger partial charge in [-0.3, -0.25) is 4.90 Å². The molecule has 19 heavy (non-hydrogen) atoms. The maximum absolute atomic E-state index is 14.1. The number of aryl methyl sites for hydroxylation is 1. The zero-order chi connectivity index (χ0) is 13.8. The van der Waals surface area contributed by atoms with Gasteiger partial charge in [0, 0.05) is 25.1 Å². The number of aliphatic hydroxyl groups excluding tert-OH is 1. The molecule has 0 spiro atoms. The zero-order valence-electron chi connectivity index (χ0n) is 11.4. The number of nitrogens with zero attached hydrogens (tertiary/aromatic N) is 1. The number of hydrogen-bond donors (Lipinski definition) is 1. The largest absolute Gasteiger partial charge is 0.497 e. The molecular formula is C15H20FNO2. The number of ether oxygens (including phenoxy) is 1. The van der Waals surface area contributed by atoms with E-state index in [1.54, 1.807) is 7.11 Å². The van der Waals surface area contributed by atoms with Crippen molar-refractivity contribution >= 4 is 5.57 Å². The van der Waals surface area contributed by atoms with E-state index in [0.29, 0.717) is 25.9 Å². The van der Waals surface area contributed by atoms with Gasteiger partial charge in [0.1, 0.15) is 11.6 Å². The molecule has 0 bridgehead atoms. The van der Waals surface area contributed by atoms with Crippen molar-refractivity contribution in [3.63, 3.8) is 0 Å². The molecule has 1 N–H and O–H groups in total. The van der Waals surface area contributed by atoms with Crippen LogP contribution < -0.4 is 4.74 Å². The number of methoxy groups -OCH3 is 1. The number of rotatable bonds is 5. The Bertz CT molecular complexity index is 485. The number of benzene rings is 1. The molecule has 104 valence electrons. The van der Waals surface area contributed by atoms with Crippen LogP contribution in [0.5, 0.6) is 5.75 Å². The van der Waals surface area contributed by atoms with E-state index in [2.05, 4.69) is 0 Å². The highest BCUT2D eigenvalue weighted by molar-refractivity contribution is 5.73. The summed E-state index contributed by atoms with van der Waals surface area (Å²) in [5.74, 6) is 0.770. The third-order valence-electron chi connectivity index (χ3n) is 3.49. The van der Waals surface area contributed by atoms with Crippen LogP contribution in [0.3, 0.4) is 0 Å². The second-order valence-corrected chi connectivity index (χ2v) is 4.87. The van der Waals surface area contributed by atoms with Crippen LogP contribution in [0.15, 0.2) is 24.0 Å². The van der Waals surface area contributed by atoms with Crippen molar-refractivity contribution < 1.29 is 14.2 Å². The average Bonchev–Trinajstić information content (AvgIpc) is 2.41. The molecule has 0 fully saturated rings. The fourth-order valence-corrected chi connectivity index (χ4v) is 2.43. The van der Waals surface area contributed by atoms with Crippen LogP contribution in [0.1, 0.15) is 17.5 Å². The third-order valence-corrected chi connectivity index (χ3v) is 3.49. The zero-order valence-corrected chi connectivity index (χ0v) is 11.4. The first kappa shape index (κ1) is 14.0. The van der Waals surface area contributed by atoms with Crippen molar-refractivity contribution in [2.24, 2.45) is 0 Å². The molecule has 0 aromatic heterocycles. The number of hydrogen-bond acceptors (Lipinski definition) is 3. The van der Waals surface area contributed by atoms with Gasteiger partial charge in [-0.1, -0.05) is 6.07 Å². The summed E-state index contributed by atoms with van der Waals surface area (Å²) >= 11 is 0. The summed E-state index contributed by atoms with van der Waals surface area (Å²) in [5.41, 5.74) is 2.84. The minimum Gasteiger partial charge on any atom is -0.497 e. The molecule has 4 heteroatoms. The molecule has 0 atom stereocenters. The Labute approximate surface area is 113 Å². The van der Waals surface area contributed by atoms with Crippen molar-refractivity contribution in [1.29, 1.82) is 0 Å². The third kappa shape index (κ3) is 3.14. The van der Waals surface area contributed by atoms with Gasteiger partial charge in [0.05, 0.1) is 13.7 Å². The molecule has 0 saturated heterocycles. The first-order valence-electron chi connectivity index (χ1n) is 6.50. The maximum Gasteiger partial charge on any atom is 0.119 e. The predicted octanol–water partition coefficient (Wildman–Crippen LogP) is 2.25. The molecule has 1 aromatic rings. The van der Waals surface area contributed by atoms with Crippen molar-refractivity contribution in [2.75, 3.05) is 33.9 Å². The molecule has 0 aliphatic heterocycles. The molecule has 0 amide bonds. The summed E-state index contributed by atoms with van der Waals surface area (Å²) in [7, 11) is 3.52. The standard InChI is InChI=1S/C15H20FNO2/c1-17(7-8-18)10-14-13-5-4-12(19-2)9-11(13)3-6-15(14)16/h4-5,9,18H,3,6-8,10H2,1-2H3. The summed E-state index contributed by atoms with van der Waals surface area (Å²) in [6.07, 6.45) is 1.16. The Morgan fingerprint density at radius 3 is 2.84 bits per heavy atom. The highest BCUT2D eigenvalue weighted by Crippen LogP contribution is 2.34. The van der Waals surface area contributed by atoms with E-state index in [4.69, 9.17) is 9.84 Å². The van der Waals surface area contributed by atoms with E-state index >= 15 is 0 Å². The Hall–Kier alpha value is -1.39. The Kier molecular flexibility index (Phi) is 4.56. The van der Waals surface area contributed by atoms with E-state index in [0.717, 1.165) is 22.4 Å². The van der Waals surface area contributed by atoms with Crippen LogP contribution in [0.25, 0.3) is 5.57 Å². The Morgan fingerprint density at radius 1 is 1.37 bits per heavy atom. The summed E-state index contributed by atoms with van der Waals surface area (Å²) in [6, 6.07) is 5.77. The molecule has 0 unspecified atom stereocenters. The van der Waals surface area contributed by atoms with Gasteiger partial charge in [-0.15, -0.1) is 0 Å². The first-order valence-corrected chi connectivity index (χ1v) is 6.50. The van der Waals surface area contributed by atoms with Gasteiger partial charge in [-0.05, 0) is 36.7 Å². The molecule has 2 rings (SSSR count). The summed E-state index contributed by atoms with van der Waals surface area (Å²) < 4.78 is 19.3. The van der Waals surface area contributed by atoms with Gasteiger partial charge in [0.25, 0.3) is 0 Å². The molecule has 0 radical (unpaired) electrons. The molecule has 1 aliphatic carbocycles. The van der Waals surface area contributed by atoms with Crippen LogP contribution in [-0.2, 0) is 6.42 Å². The summed E-state index contributed by atoms with van der Waals surface area (Å²) in [4.78, 5) is 1.92. The van der Waals surface area contributed by atoms with Crippen molar-refractivity contribution in [2.45, 2.75) is 12.8 Å². The normalized spacial score (nSPS) is 14.8. The van der Waals surface area contributed by atoms with Crippen LogP contribution in [0.2, 0.25) is 0 Å². The monoisotopic (exact) mass is 265 g/mol. The fourth-order valence-electron chi connectivity index (χ4n) is 2.43. The quantitative estimate of drug-likeness (QED) is 0.886. The average molecular weight is 265 g/mol. The van der Waals surface area contributed by atoms with Crippen LogP contribution in [-0.4, -0.2) is 43.9 Å². The van der Waals surface area contributed by atoms with E-state index in [1.807, 2.05) is 30.1 Å². The summed E-state index contributed by atoms with van der Waals surface area (Å²) in [5, 5.41) is 8.93. The van der Waals surface area contributed by atoms with Gasteiger partial charge < -0.3 is 9.84 Å². The number of allylic oxidation sites excluding steroid dienone is 1. The minimum absolute atomic E-state index is 0.0394. The van der Waals surface area contributed by atoms with Gasteiger partial charge in [0.2, 0.25) is 0 Å².